The quantitative estimate of drug-likeness (QED) is 0.634. The zero-order chi connectivity index (χ0) is 12.3. The summed E-state index contributed by atoms with van der Waals surface area (Å²) in [7, 11) is 0. The lowest BCUT2D eigenvalue weighted by Crippen LogP contribution is -2.47. The van der Waals surface area contributed by atoms with Gasteiger partial charge in [0, 0.05) is 6.54 Å². The molecule has 0 aliphatic carbocycles. The number of aliphatic hydroxyl groups is 1. The molecule has 4 N–H and O–H groups in total. The van der Waals surface area contributed by atoms with Gasteiger partial charge in [0.1, 0.15) is 0 Å². The summed E-state index contributed by atoms with van der Waals surface area (Å²) in [5, 5.41) is 10.6. The Balaban J connectivity index is 4.13. The van der Waals surface area contributed by atoms with Gasteiger partial charge in [-0.05, 0) is 13.8 Å². The summed E-state index contributed by atoms with van der Waals surface area (Å²) in [6, 6.07) is 0. The summed E-state index contributed by atoms with van der Waals surface area (Å²) >= 11 is 0. The van der Waals surface area contributed by atoms with Crippen molar-refractivity contribution in [3.8, 4) is 0 Å². The molecule has 0 aromatic heterocycles. The van der Waals surface area contributed by atoms with E-state index >= 15 is 0 Å². The zero-order valence-electron chi connectivity index (χ0n) is 8.56. The van der Waals surface area contributed by atoms with Gasteiger partial charge in [0.25, 0.3) is 0 Å². The first kappa shape index (κ1) is 14.2. The zero-order valence-corrected chi connectivity index (χ0v) is 8.56. The number of halogens is 3. The minimum Gasteiger partial charge on any atom is -0.382 e. The van der Waals surface area contributed by atoms with Gasteiger partial charge in [-0.2, -0.15) is 13.2 Å². The van der Waals surface area contributed by atoms with Crippen molar-refractivity contribution in [2.24, 2.45) is 11.1 Å². The van der Waals surface area contributed by atoms with E-state index in [1.807, 2.05) is 5.32 Å². The summed E-state index contributed by atoms with van der Waals surface area (Å²) in [6.07, 6.45) is -7.27. The van der Waals surface area contributed by atoms with Gasteiger partial charge < -0.3 is 16.2 Å². The van der Waals surface area contributed by atoms with Crippen LogP contribution in [0.3, 0.4) is 0 Å². The second-order valence-corrected chi connectivity index (χ2v) is 3.86. The Kier molecular flexibility index (Phi) is 4.54. The smallest absolute Gasteiger partial charge is 0.382 e. The molecular formula is C8H15F3N2O2. The molecule has 15 heavy (non-hydrogen) atoms. The second-order valence-electron chi connectivity index (χ2n) is 3.86. The lowest BCUT2D eigenvalue weighted by atomic mass is 9.93. The molecule has 0 aliphatic rings. The third kappa shape index (κ3) is 4.48. The number of carbonyl (C=O) groups is 1. The Morgan fingerprint density at radius 3 is 2.27 bits per heavy atom. The standard InChI is InChI=1S/C8H15F3N2O2/c1-7(2,4-12)6(15)13-3-5(14)8(9,10)11/h5,14H,3-4,12H2,1-2H3,(H,13,15). The molecule has 0 saturated heterocycles. The van der Waals surface area contributed by atoms with E-state index in [4.69, 9.17) is 10.8 Å². The van der Waals surface area contributed by atoms with Crippen LogP contribution in [0.15, 0.2) is 0 Å². The van der Waals surface area contributed by atoms with Gasteiger partial charge in [-0.1, -0.05) is 0 Å². The number of carbonyl (C=O) groups excluding carboxylic acids is 1. The average molecular weight is 228 g/mol. The number of aliphatic hydroxyl groups excluding tert-OH is 1. The van der Waals surface area contributed by atoms with Crippen molar-refractivity contribution >= 4 is 5.91 Å². The Morgan fingerprint density at radius 2 is 1.93 bits per heavy atom. The fourth-order valence-corrected chi connectivity index (χ4v) is 0.637. The second kappa shape index (κ2) is 4.80. The summed E-state index contributed by atoms with van der Waals surface area (Å²) in [5.74, 6) is -0.617. The maximum absolute atomic E-state index is 11.9. The van der Waals surface area contributed by atoms with Crippen LogP contribution in [0.2, 0.25) is 0 Å². The molecular weight excluding hydrogens is 213 g/mol. The largest absolute Gasteiger partial charge is 0.416 e. The van der Waals surface area contributed by atoms with Gasteiger partial charge in [-0.15, -0.1) is 0 Å². The van der Waals surface area contributed by atoms with E-state index in [0.29, 0.717) is 0 Å². The highest BCUT2D eigenvalue weighted by atomic mass is 19.4. The molecule has 0 aromatic carbocycles. The summed E-state index contributed by atoms with van der Waals surface area (Å²) in [4.78, 5) is 11.3. The van der Waals surface area contributed by atoms with Crippen molar-refractivity contribution < 1.29 is 23.1 Å². The van der Waals surface area contributed by atoms with Crippen LogP contribution in [-0.2, 0) is 4.79 Å². The van der Waals surface area contributed by atoms with E-state index in [2.05, 4.69) is 0 Å². The Morgan fingerprint density at radius 1 is 1.47 bits per heavy atom. The topological polar surface area (TPSA) is 75.4 Å². The molecule has 1 unspecified atom stereocenters. The maximum Gasteiger partial charge on any atom is 0.416 e. The summed E-state index contributed by atoms with van der Waals surface area (Å²) in [5.41, 5.74) is 4.31. The summed E-state index contributed by atoms with van der Waals surface area (Å²) in [6.45, 7) is 2.16. The lowest BCUT2D eigenvalue weighted by molar-refractivity contribution is -0.202. The minimum absolute atomic E-state index is 0.0148. The number of nitrogens with two attached hydrogens (primary N) is 1. The Labute approximate surface area is 85.6 Å². The third-order valence-corrected chi connectivity index (χ3v) is 1.96. The van der Waals surface area contributed by atoms with E-state index in [9.17, 15) is 18.0 Å². The van der Waals surface area contributed by atoms with E-state index in [1.54, 1.807) is 0 Å². The van der Waals surface area contributed by atoms with Crippen LogP contribution in [0.1, 0.15) is 13.8 Å². The highest BCUT2D eigenvalue weighted by Gasteiger charge is 2.39. The molecule has 90 valence electrons. The molecule has 0 fully saturated rings. The summed E-state index contributed by atoms with van der Waals surface area (Å²) < 4.78 is 35.6. The highest BCUT2D eigenvalue weighted by Crippen LogP contribution is 2.19. The first-order valence-electron chi connectivity index (χ1n) is 4.34. The SMILES string of the molecule is CC(C)(CN)C(=O)NCC(O)C(F)(F)F. The third-order valence-electron chi connectivity index (χ3n) is 1.96. The van der Waals surface area contributed by atoms with Gasteiger partial charge in [-0.3, -0.25) is 4.79 Å². The van der Waals surface area contributed by atoms with Crippen molar-refractivity contribution in [2.75, 3.05) is 13.1 Å². The van der Waals surface area contributed by atoms with E-state index in [0.717, 1.165) is 0 Å². The van der Waals surface area contributed by atoms with Gasteiger partial charge >= 0.3 is 6.18 Å². The lowest BCUT2D eigenvalue weighted by Gasteiger charge is -2.23. The molecule has 7 heteroatoms. The molecule has 0 bridgehead atoms. The van der Waals surface area contributed by atoms with E-state index < -0.39 is 30.1 Å². The number of amides is 1. The minimum atomic E-state index is -4.72. The van der Waals surface area contributed by atoms with Crippen molar-refractivity contribution in [1.82, 2.24) is 5.32 Å². The Hall–Kier alpha value is -0.820. The van der Waals surface area contributed by atoms with Crippen LogP contribution < -0.4 is 11.1 Å². The molecule has 1 atom stereocenters. The Bertz CT molecular complexity index is 228. The fraction of sp³-hybridized carbons (Fsp3) is 0.875. The molecule has 0 rings (SSSR count). The van der Waals surface area contributed by atoms with E-state index in [-0.39, 0.29) is 6.54 Å². The van der Waals surface area contributed by atoms with Crippen molar-refractivity contribution in [1.29, 1.82) is 0 Å². The van der Waals surface area contributed by atoms with Crippen molar-refractivity contribution in [2.45, 2.75) is 26.1 Å². The average Bonchev–Trinajstić information content (AvgIpc) is 2.11. The first-order valence-corrected chi connectivity index (χ1v) is 4.34. The van der Waals surface area contributed by atoms with Crippen LogP contribution in [0.5, 0.6) is 0 Å². The fourth-order valence-electron chi connectivity index (χ4n) is 0.637. The molecule has 0 radical (unpaired) electrons. The van der Waals surface area contributed by atoms with Gasteiger partial charge in [0.2, 0.25) is 5.91 Å². The monoisotopic (exact) mass is 228 g/mol. The predicted molar refractivity (Wildman–Crippen MR) is 47.9 cm³/mol. The number of hydrogen-bond acceptors (Lipinski definition) is 3. The molecule has 0 aliphatic heterocycles. The van der Waals surface area contributed by atoms with Crippen molar-refractivity contribution in [3.05, 3.63) is 0 Å². The van der Waals surface area contributed by atoms with E-state index in [1.165, 1.54) is 13.8 Å². The van der Waals surface area contributed by atoms with Gasteiger partial charge in [0.15, 0.2) is 6.10 Å². The molecule has 0 aromatic rings. The van der Waals surface area contributed by atoms with Crippen LogP contribution in [0.25, 0.3) is 0 Å². The van der Waals surface area contributed by atoms with Crippen molar-refractivity contribution in [3.63, 3.8) is 0 Å². The van der Waals surface area contributed by atoms with Crippen LogP contribution in [0.4, 0.5) is 13.2 Å². The van der Waals surface area contributed by atoms with Gasteiger partial charge in [-0.25, -0.2) is 0 Å². The van der Waals surface area contributed by atoms with Crippen LogP contribution in [0, 0.1) is 5.41 Å². The normalized spacial score (nSPS) is 14.9. The highest BCUT2D eigenvalue weighted by molar-refractivity contribution is 5.82. The molecule has 0 heterocycles. The molecule has 4 nitrogen and oxygen atoms in total. The first-order chi connectivity index (χ1) is 6.61. The van der Waals surface area contributed by atoms with Crippen LogP contribution >= 0.6 is 0 Å². The maximum atomic E-state index is 11.9. The number of rotatable bonds is 4. The van der Waals surface area contributed by atoms with Crippen LogP contribution in [-0.4, -0.2) is 36.4 Å². The van der Waals surface area contributed by atoms with Gasteiger partial charge in [0.05, 0.1) is 12.0 Å². The number of hydrogen-bond donors (Lipinski definition) is 3. The number of nitrogens with one attached hydrogen (secondary N) is 1. The molecule has 0 saturated carbocycles. The molecule has 1 amide bonds. The molecule has 0 spiro atoms. The number of alkyl halides is 3. The predicted octanol–water partition coefficient (Wildman–Crippen LogP) is 0.0107.